The maximum absolute atomic E-state index is 9.68. The van der Waals surface area contributed by atoms with Crippen LogP contribution in [-0.2, 0) is 0 Å². The molecule has 4 heteroatoms. The van der Waals surface area contributed by atoms with Crippen LogP contribution in [0.1, 0.15) is 13.8 Å². The zero-order chi connectivity index (χ0) is 13.3. The molecule has 1 aromatic rings. The molecule has 0 bridgehead atoms. The molecule has 1 heterocycles. The van der Waals surface area contributed by atoms with Crippen LogP contribution in [0.15, 0.2) is 28.7 Å². The van der Waals surface area contributed by atoms with Crippen LogP contribution in [0.3, 0.4) is 0 Å². The highest BCUT2D eigenvalue weighted by Gasteiger charge is 2.39. The second-order valence-corrected chi connectivity index (χ2v) is 6.52. The van der Waals surface area contributed by atoms with E-state index in [0.29, 0.717) is 0 Å². The molecule has 0 aliphatic carbocycles. The van der Waals surface area contributed by atoms with Crippen LogP contribution >= 0.6 is 15.9 Å². The van der Waals surface area contributed by atoms with Crippen molar-refractivity contribution in [3.05, 3.63) is 28.7 Å². The van der Waals surface area contributed by atoms with Crippen LogP contribution in [0.4, 0.5) is 5.69 Å². The van der Waals surface area contributed by atoms with Gasteiger partial charge in [0.25, 0.3) is 0 Å². The first-order chi connectivity index (χ1) is 8.45. The second-order valence-electron chi connectivity index (χ2n) is 5.67. The molecule has 100 valence electrons. The smallest absolute Gasteiger partial charge is 0.0654 e. The fourth-order valence-electron chi connectivity index (χ4n) is 3.05. The molecule has 1 unspecified atom stereocenters. The number of anilines is 1. The SMILES string of the molecule is CN1CC(CO)N(c2ccccc2Br)C(C)(C)C1. The lowest BCUT2D eigenvalue weighted by Crippen LogP contribution is -2.64. The van der Waals surface area contributed by atoms with E-state index in [9.17, 15) is 5.11 Å². The van der Waals surface area contributed by atoms with E-state index in [1.165, 1.54) is 0 Å². The third-order valence-electron chi connectivity index (χ3n) is 3.52. The van der Waals surface area contributed by atoms with E-state index in [1.54, 1.807) is 0 Å². The van der Waals surface area contributed by atoms with Crippen LogP contribution in [-0.4, -0.2) is 48.3 Å². The summed E-state index contributed by atoms with van der Waals surface area (Å²) >= 11 is 3.62. The number of hydrogen-bond acceptors (Lipinski definition) is 3. The zero-order valence-corrected chi connectivity index (χ0v) is 12.8. The molecule has 1 atom stereocenters. The van der Waals surface area contributed by atoms with E-state index in [4.69, 9.17) is 0 Å². The van der Waals surface area contributed by atoms with Crippen molar-refractivity contribution in [3.63, 3.8) is 0 Å². The minimum absolute atomic E-state index is 0.00424. The van der Waals surface area contributed by atoms with E-state index in [2.05, 4.69) is 58.8 Å². The van der Waals surface area contributed by atoms with Crippen LogP contribution in [0, 0.1) is 0 Å². The number of piperazine rings is 1. The number of para-hydroxylation sites is 1. The third kappa shape index (κ3) is 2.56. The topological polar surface area (TPSA) is 26.7 Å². The molecule has 1 saturated heterocycles. The minimum atomic E-state index is 0.00424. The highest BCUT2D eigenvalue weighted by molar-refractivity contribution is 9.10. The first-order valence-corrected chi connectivity index (χ1v) is 7.08. The van der Waals surface area contributed by atoms with Crippen molar-refractivity contribution in [2.75, 3.05) is 31.6 Å². The van der Waals surface area contributed by atoms with Crippen LogP contribution < -0.4 is 4.90 Å². The minimum Gasteiger partial charge on any atom is -0.394 e. The highest BCUT2D eigenvalue weighted by Crippen LogP contribution is 2.35. The Balaban J connectivity index is 2.42. The Morgan fingerprint density at radius 1 is 1.39 bits per heavy atom. The van der Waals surface area contributed by atoms with Gasteiger partial charge in [0.1, 0.15) is 0 Å². The van der Waals surface area contributed by atoms with E-state index >= 15 is 0 Å². The van der Waals surface area contributed by atoms with Crippen LogP contribution in [0.25, 0.3) is 0 Å². The monoisotopic (exact) mass is 312 g/mol. The number of aliphatic hydroxyl groups is 1. The summed E-state index contributed by atoms with van der Waals surface area (Å²) in [7, 11) is 2.11. The number of aliphatic hydroxyl groups excluding tert-OH is 1. The zero-order valence-electron chi connectivity index (χ0n) is 11.2. The number of nitrogens with zero attached hydrogens (tertiary/aromatic N) is 2. The van der Waals surface area contributed by atoms with Crippen molar-refractivity contribution >= 4 is 21.6 Å². The molecule has 0 radical (unpaired) electrons. The Kier molecular flexibility index (Phi) is 3.99. The Morgan fingerprint density at radius 2 is 2.06 bits per heavy atom. The fourth-order valence-corrected chi connectivity index (χ4v) is 3.52. The normalized spacial score (nSPS) is 24.3. The predicted molar refractivity (Wildman–Crippen MR) is 79.1 cm³/mol. The van der Waals surface area contributed by atoms with Gasteiger partial charge in [-0.3, -0.25) is 0 Å². The third-order valence-corrected chi connectivity index (χ3v) is 4.19. The predicted octanol–water partition coefficient (Wildman–Crippen LogP) is 2.34. The first-order valence-electron chi connectivity index (χ1n) is 6.29. The number of hydrogen-bond donors (Lipinski definition) is 1. The van der Waals surface area contributed by atoms with E-state index in [0.717, 1.165) is 23.2 Å². The molecular formula is C14H21BrN2O. The van der Waals surface area contributed by atoms with Gasteiger partial charge in [-0.25, -0.2) is 0 Å². The van der Waals surface area contributed by atoms with Crippen molar-refractivity contribution < 1.29 is 5.11 Å². The molecule has 0 amide bonds. The van der Waals surface area contributed by atoms with Crippen molar-refractivity contribution in [3.8, 4) is 0 Å². The average molecular weight is 313 g/mol. The number of benzene rings is 1. The molecular weight excluding hydrogens is 292 g/mol. The average Bonchev–Trinajstić information content (AvgIpc) is 2.28. The van der Waals surface area contributed by atoms with E-state index < -0.39 is 0 Å². The summed E-state index contributed by atoms with van der Waals surface area (Å²) in [6.07, 6.45) is 0. The molecule has 1 N–H and O–H groups in total. The molecule has 0 aromatic heterocycles. The van der Waals surface area contributed by atoms with Gasteiger partial charge in [-0.1, -0.05) is 12.1 Å². The Bertz CT molecular complexity index is 422. The van der Waals surface area contributed by atoms with Gasteiger partial charge in [0, 0.05) is 23.1 Å². The molecule has 1 fully saturated rings. The van der Waals surface area contributed by atoms with Gasteiger partial charge in [0.2, 0.25) is 0 Å². The Hall–Kier alpha value is -0.580. The highest BCUT2D eigenvalue weighted by atomic mass is 79.9. The molecule has 1 aromatic carbocycles. The summed E-state index contributed by atoms with van der Waals surface area (Å²) in [4.78, 5) is 4.63. The van der Waals surface area contributed by atoms with Gasteiger partial charge in [0.15, 0.2) is 0 Å². The maximum atomic E-state index is 9.68. The largest absolute Gasteiger partial charge is 0.394 e. The van der Waals surface area contributed by atoms with Gasteiger partial charge in [-0.15, -0.1) is 0 Å². The van der Waals surface area contributed by atoms with Gasteiger partial charge in [0.05, 0.1) is 18.3 Å². The second kappa shape index (κ2) is 5.19. The lowest BCUT2D eigenvalue weighted by Gasteiger charge is -2.52. The standard InChI is InChI=1S/C14H21BrN2O/c1-14(2)10-16(3)8-11(9-18)17(14)13-7-5-4-6-12(13)15/h4-7,11,18H,8-10H2,1-3H3. The molecule has 3 nitrogen and oxygen atoms in total. The number of halogens is 1. The van der Waals surface area contributed by atoms with Crippen molar-refractivity contribution in [1.82, 2.24) is 4.90 Å². The van der Waals surface area contributed by atoms with Gasteiger partial charge >= 0.3 is 0 Å². The summed E-state index contributed by atoms with van der Waals surface area (Å²) in [5.41, 5.74) is 1.17. The molecule has 2 rings (SSSR count). The first kappa shape index (κ1) is 13.8. The van der Waals surface area contributed by atoms with Crippen LogP contribution in [0.5, 0.6) is 0 Å². The molecule has 18 heavy (non-hydrogen) atoms. The lowest BCUT2D eigenvalue weighted by atomic mass is 9.94. The van der Waals surface area contributed by atoms with Crippen molar-refractivity contribution in [2.45, 2.75) is 25.4 Å². The van der Waals surface area contributed by atoms with Gasteiger partial charge in [-0.2, -0.15) is 0 Å². The van der Waals surface area contributed by atoms with Gasteiger partial charge in [-0.05, 0) is 49.0 Å². The molecule has 0 spiro atoms. The lowest BCUT2D eigenvalue weighted by molar-refractivity contribution is 0.137. The Labute approximate surface area is 118 Å². The summed E-state index contributed by atoms with van der Waals surface area (Å²) in [5.74, 6) is 0. The molecule has 1 aliphatic rings. The van der Waals surface area contributed by atoms with Crippen molar-refractivity contribution in [1.29, 1.82) is 0 Å². The van der Waals surface area contributed by atoms with Crippen molar-refractivity contribution in [2.24, 2.45) is 0 Å². The molecule has 0 saturated carbocycles. The van der Waals surface area contributed by atoms with E-state index in [-0.39, 0.29) is 18.2 Å². The summed E-state index contributed by atoms with van der Waals surface area (Å²) in [5, 5.41) is 9.68. The Morgan fingerprint density at radius 3 is 2.67 bits per heavy atom. The summed E-state index contributed by atoms with van der Waals surface area (Å²) < 4.78 is 1.08. The maximum Gasteiger partial charge on any atom is 0.0654 e. The summed E-state index contributed by atoms with van der Waals surface area (Å²) in [6.45, 7) is 6.51. The fraction of sp³-hybridized carbons (Fsp3) is 0.571. The summed E-state index contributed by atoms with van der Waals surface area (Å²) in [6, 6.07) is 8.36. The number of rotatable bonds is 2. The van der Waals surface area contributed by atoms with Gasteiger partial charge < -0.3 is 14.9 Å². The quantitative estimate of drug-likeness (QED) is 0.908. The molecule has 1 aliphatic heterocycles. The van der Waals surface area contributed by atoms with E-state index in [1.807, 2.05) is 12.1 Å². The number of likely N-dealkylation sites (N-methyl/N-ethyl adjacent to an activating group) is 1. The van der Waals surface area contributed by atoms with Crippen LogP contribution in [0.2, 0.25) is 0 Å².